The standard InChI is InChI=1S/C25H16F12O2/c1-2-5-38-23-21(31)18(28)14(19(29)22(23)32)4-3-10-8-15(39-24(33)34)16(20(30)17(10)25(35,36)37)11-6-12(26)9-13(27)7-11/h6-9,24H,2-5H2,1H3. The van der Waals surface area contributed by atoms with Gasteiger partial charge in [-0.05, 0) is 48.6 Å². The lowest BCUT2D eigenvalue weighted by atomic mass is 9.92. The van der Waals surface area contributed by atoms with E-state index in [1.165, 1.54) is 6.92 Å². The molecular formula is C25H16F12O2. The summed E-state index contributed by atoms with van der Waals surface area (Å²) >= 11 is 0. The molecule has 0 aliphatic rings. The van der Waals surface area contributed by atoms with E-state index in [-0.39, 0.29) is 25.2 Å². The van der Waals surface area contributed by atoms with Crippen LogP contribution in [-0.2, 0) is 19.0 Å². The number of halogens is 12. The van der Waals surface area contributed by atoms with Gasteiger partial charge in [0.1, 0.15) is 23.2 Å². The summed E-state index contributed by atoms with van der Waals surface area (Å²) in [6.45, 7) is -2.55. The Balaban J connectivity index is 2.18. The van der Waals surface area contributed by atoms with Crippen LogP contribution in [0, 0.1) is 40.7 Å². The third kappa shape index (κ3) is 6.36. The molecule has 2 nitrogen and oxygen atoms in total. The molecular weight excluding hydrogens is 560 g/mol. The van der Waals surface area contributed by atoms with Crippen molar-refractivity contribution in [3.63, 3.8) is 0 Å². The minimum Gasteiger partial charge on any atom is -0.487 e. The molecule has 0 spiro atoms. The number of ether oxygens (including phenoxy) is 2. The van der Waals surface area contributed by atoms with E-state index in [2.05, 4.69) is 9.47 Å². The molecule has 0 bridgehead atoms. The first-order chi connectivity index (χ1) is 18.2. The quantitative estimate of drug-likeness (QED) is 0.188. The highest BCUT2D eigenvalue weighted by molar-refractivity contribution is 5.73. The van der Waals surface area contributed by atoms with Gasteiger partial charge in [-0.3, -0.25) is 0 Å². The van der Waals surface area contributed by atoms with E-state index in [9.17, 15) is 48.3 Å². The molecule has 0 radical (unpaired) electrons. The summed E-state index contributed by atoms with van der Waals surface area (Å²) in [5.41, 5.74) is -7.02. The molecule has 0 aromatic heterocycles. The van der Waals surface area contributed by atoms with Gasteiger partial charge in [0.2, 0.25) is 11.6 Å². The highest BCUT2D eigenvalue weighted by Gasteiger charge is 2.40. The highest BCUT2D eigenvalue weighted by atomic mass is 19.4. The summed E-state index contributed by atoms with van der Waals surface area (Å²) in [5, 5.41) is 0. The van der Waals surface area contributed by atoms with Crippen LogP contribution in [0.25, 0.3) is 11.1 Å². The molecule has 0 N–H and O–H groups in total. The second-order valence-corrected chi connectivity index (χ2v) is 8.04. The molecule has 0 saturated carbocycles. The lowest BCUT2D eigenvalue weighted by Crippen LogP contribution is -2.16. The van der Waals surface area contributed by atoms with Crippen molar-refractivity contribution in [2.24, 2.45) is 0 Å². The molecule has 0 aliphatic heterocycles. The predicted molar refractivity (Wildman–Crippen MR) is 113 cm³/mol. The topological polar surface area (TPSA) is 18.5 Å². The van der Waals surface area contributed by atoms with Gasteiger partial charge >= 0.3 is 12.8 Å². The molecule has 3 aromatic rings. The number of hydrogen-bond acceptors (Lipinski definition) is 2. The summed E-state index contributed by atoms with van der Waals surface area (Å²) in [4.78, 5) is 0. The zero-order chi connectivity index (χ0) is 29.2. The van der Waals surface area contributed by atoms with Gasteiger partial charge in [-0.15, -0.1) is 0 Å². The number of hydrogen-bond donors (Lipinski definition) is 0. The zero-order valence-electron chi connectivity index (χ0n) is 19.6. The van der Waals surface area contributed by atoms with Gasteiger partial charge in [-0.25, -0.2) is 22.0 Å². The number of aryl methyl sites for hydroxylation is 1. The molecule has 0 atom stereocenters. The first-order valence-electron chi connectivity index (χ1n) is 11.0. The van der Waals surface area contributed by atoms with Gasteiger partial charge < -0.3 is 9.47 Å². The molecule has 212 valence electrons. The third-order valence-corrected chi connectivity index (χ3v) is 5.37. The first kappa shape index (κ1) is 30.0. The van der Waals surface area contributed by atoms with Crippen LogP contribution in [0.1, 0.15) is 30.0 Å². The van der Waals surface area contributed by atoms with Crippen molar-refractivity contribution in [1.29, 1.82) is 0 Å². The zero-order valence-corrected chi connectivity index (χ0v) is 19.6. The van der Waals surface area contributed by atoms with Crippen molar-refractivity contribution in [3.05, 3.63) is 81.7 Å². The average Bonchev–Trinajstić information content (AvgIpc) is 2.80. The Hall–Kier alpha value is -3.58. The smallest absolute Gasteiger partial charge is 0.419 e. The second kappa shape index (κ2) is 11.7. The van der Waals surface area contributed by atoms with E-state index in [1.807, 2.05) is 0 Å². The third-order valence-electron chi connectivity index (χ3n) is 5.37. The fraction of sp³-hybridized carbons (Fsp3) is 0.280. The Morgan fingerprint density at radius 1 is 0.744 bits per heavy atom. The minimum absolute atomic E-state index is 0.205. The molecule has 14 heteroatoms. The van der Waals surface area contributed by atoms with Crippen molar-refractivity contribution in [2.45, 2.75) is 39.0 Å². The van der Waals surface area contributed by atoms with E-state index >= 15 is 4.39 Å². The van der Waals surface area contributed by atoms with E-state index in [4.69, 9.17) is 0 Å². The molecule has 39 heavy (non-hydrogen) atoms. The van der Waals surface area contributed by atoms with Crippen LogP contribution in [0.2, 0.25) is 0 Å². The summed E-state index contributed by atoms with van der Waals surface area (Å²) < 4.78 is 177. The van der Waals surface area contributed by atoms with Crippen LogP contribution in [-0.4, -0.2) is 13.2 Å². The van der Waals surface area contributed by atoms with Crippen molar-refractivity contribution >= 4 is 0 Å². The Labute approximate surface area is 212 Å². The van der Waals surface area contributed by atoms with Crippen LogP contribution >= 0.6 is 0 Å². The van der Waals surface area contributed by atoms with Gasteiger partial charge in [0.05, 0.1) is 17.7 Å². The van der Waals surface area contributed by atoms with Crippen LogP contribution in [0.3, 0.4) is 0 Å². The molecule has 0 unspecified atom stereocenters. The Morgan fingerprint density at radius 3 is 1.79 bits per heavy atom. The van der Waals surface area contributed by atoms with Crippen molar-refractivity contribution in [1.82, 2.24) is 0 Å². The van der Waals surface area contributed by atoms with Gasteiger partial charge in [0.25, 0.3) is 0 Å². The van der Waals surface area contributed by atoms with E-state index in [0.717, 1.165) is 0 Å². The molecule has 3 aromatic carbocycles. The Kier molecular flexibility index (Phi) is 8.96. The van der Waals surface area contributed by atoms with E-state index < -0.39 is 106 Å². The van der Waals surface area contributed by atoms with Crippen LogP contribution < -0.4 is 9.47 Å². The fourth-order valence-corrected chi connectivity index (χ4v) is 3.80. The molecule has 0 fully saturated rings. The summed E-state index contributed by atoms with van der Waals surface area (Å²) in [5.74, 6) is -15.7. The Bertz CT molecular complexity index is 1320. The lowest BCUT2D eigenvalue weighted by molar-refractivity contribution is -0.140. The van der Waals surface area contributed by atoms with Gasteiger partial charge in [-0.2, -0.15) is 30.7 Å². The van der Waals surface area contributed by atoms with Gasteiger partial charge in [0.15, 0.2) is 17.4 Å². The highest BCUT2D eigenvalue weighted by Crippen LogP contribution is 2.44. The van der Waals surface area contributed by atoms with E-state index in [0.29, 0.717) is 12.1 Å². The maximum Gasteiger partial charge on any atom is 0.419 e. The predicted octanol–water partition coefficient (Wildman–Crippen LogP) is 8.52. The van der Waals surface area contributed by atoms with Crippen molar-refractivity contribution in [2.75, 3.05) is 6.61 Å². The second-order valence-electron chi connectivity index (χ2n) is 8.04. The van der Waals surface area contributed by atoms with Crippen LogP contribution in [0.15, 0.2) is 24.3 Å². The maximum atomic E-state index is 15.3. The van der Waals surface area contributed by atoms with Gasteiger partial charge in [-0.1, -0.05) is 6.92 Å². The SMILES string of the molecule is CCCOc1c(F)c(F)c(CCc2cc(OC(F)F)c(-c3cc(F)cc(F)c3)c(F)c2C(F)(F)F)c(F)c1F. The average molecular weight is 576 g/mol. The fourth-order valence-electron chi connectivity index (χ4n) is 3.80. The molecule has 0 amide bonds. The maximum absolute atomic E-state index is 15.3. The molecule has 0 heterocycles. The summed E-state index contributed by atoms with van der Waals surface area (Å²) in [7, 11) is 0. The molecule has 0 aliphatic carbocycles. The Morgan fingerprint density at radius 2 is 1.31 bits per heavy atom. The lowest BCUT2D eigenvalue weighted by Gasteiger charge is -2.20. The summed E-state index contributed by atoms with van der Waals surface area (Å²) in [6, 6.07) is 1.24. The number of alkyl halides is 5. The normalized spacial score (nSPS) is 11.8. The first-order valence-corrected chi connectivity index (χ1v) is 11.0. The van der Waals surface area contributed by atoms with Crippen LogP contribution in [0.5, 0.6) is 11.5 Å². The monoisotopic (exact) mass is 576 g/mol. The number of rotatable bonds is 9. The van der Waals surface area contributed by atoms with Gasteiger partial charge in [0, 0.05) is 11.6 Å². The minimum atomic E-state index is -5.57. The van der Waals surface area contributed by atoms with Crippen molar-refractivity contribution < 1.29 is 62.2 Å². The van der Waals surface area contributed by atoms with Crippen LogP contribution in [0.4, 0.5) is 52.7 Å². The molecule has 0 saturated heterocycles. The largest absolute Gasteiger partial charge is 0.487 e. The number of benzene rings is 3. The van der Waals surface area contributed by atoms with Crippen molar-refractivity contribution in [3.8, 4) is 22.6 Å². The summed E-state index contributed by atoms with van der Waals surface area (Å²) in [6.07, 6.45) is -7.76. The van der Waals surface area contributed by atoms with E-state index in [1.54, 1.807) is 0 Å². The molecule has 3 rings (SSSR count).